The Labute approximate surface area is 139 Å². The van der Waals surface area contributed by atoms with Crippen molar-refractivity contribution in [3.63, 3.8) is 0 Å². The van der Waals surface area contributed by atoms with Crippen molar-refractivity contribution < 1.29 is 4.79 Å². The Balaban J connectivity index is 1.58. The van der Waals surface area contributed by atoms with E-state index in [0.29, 0.717) is 16.6 Å². The van der Waals surface area contributed by atoms with Crippen LogP contribution in [0.5, 0.6) is 0 Å². The smallest absolute Gasteiger partial charge is 0.271 e. The maximum atomic E-state index is 12.6. The molecule has 0 saturated heterocycles. The van der Waals surface area contributed by atoms with Crippen molar-refractivity contribution in [2.24, 2.45) is 5.92 Å². The van der Waals surface area contributed by atoms with Gasteiger partial charge < -0.3 is 9.72 Å². The van der Waals surface area contributed by atoms with E-state index in [-0.39, 0.29) is 11.9 Å². The number of hydrogen-bond donors (Lipinski definition) is 1. The molecule has 1 amide bonds. The molecule has 4 rings (SSSR count). The molecule has 1 aromatic carbocycles. The number of nitrogens with zero attached hydrogens (tertiary/aromatic N) is 2. The van der Waals surface area contributed by atoms with Gasteiger partial charge in [-0.2, -0.15) is 0 Å². The standard InChI is InChI=1S/C18H16ClN3O/c19-14-8-6-13(7-9-14)17(12-4-5-12)21-18(23)15-11-22-10-2-1-3-16(22)20-15/h1-3,6-12,17H,4-5H2,(H,21,23)/t17-/m1/s1. The number of nitrogens with one attached hydrogen (secondary N) is 1. The van der Waals surface area contributed by atoms with Crippen LogP contribution in [-0.2, 0) is 0 Å². The third-order valence-corrected chi connectivity index (χ3v) is 4.46. The van der Waals surface area contributed by atoms with Gasteiger partial charge in [-0.3, -0.25) is 4.79 Å². The fourth-order valence-electron chi connectivity index (χ4n) is 2.83. The molecule has 2 aromatic heterocycles. The zero-order chi connectivity index (χ0) is 15.8. The summed E-state index contributed by atoms with van der Waals surface area (Å²) in [6.07, 6.45) is 5.92. The zero-order valence-electron chi connectivity index (χ0n) is 12.4. The number of carbonyl (C=O) groups excluding carboxylic acids is 1. The van der Waals surface area contributed by atoms with Crippen LogP contribution < -0.4 is 5.32 Å². The first kappa shape index (κ1) is 14.3. The van der Waals surface area contributed by atoms with E-state index in [1.807, 2.05) is 53.1 Å². The highest BCUT2D eigenvalue weighted by Crippen LogP contribution is 2.41. The van der Waals surface area contributed by atoms with Gasteiger partial charge in [0.15, 0.2) is 0 Å². The molecule has 0 bridgehead atoms. The second kappa shape index (κ2) is 5.70. The van der Waals surface area contributed by atoms with Crippen LogP contribution in [0.15, 0.2) is 54.9 Å². The third kappa shape index (κ3) is 2.94. The van der Waals surface area contributed by atoms with Crippen molar-refractivity contribution in [2.45, 2.75) is 18.9 Å². The molecule has 5 heteroatoms. The van der Waals surface area contributed by atoms with E-state index < -0.39 is 0 Å². The minimum atomic E-state index is -0.138. The molecule has 1 aliphatic rings. The molecule has 116 valence electrons. The van der Waals surface area contributed by atoms with Crippen LogP contribution in [0.25, 0.3) is 5.65 Å². The van der Waals surface area contributed by atoms with Crippen molar-refractivity contribution >= 4 is 23.2 Å². The van der Waals surface area contributed by atoms with E-state index in [2.05, 4.69) is 10.3 Å². The molecule has 0 spiro atoms. The summed E-state index contributed by atoms with van der Waals surface area (Å²) < 4.78 is 1.85. The summed E-state index contributed by atoms with van der Waals surface area (Å²) in [5, 5.41) is 3.84. The van der Waals surface area contributed by atoms with Crippen molar-refractivity contribution in [3.8, 4) is 0 Å². The Morgan fingerprint density at radius 3 is 2.70 bits per heavy atom. The summed E-state index contributed by atoms with van der Waals surface area (Å²) in [4.78, 5) is 17.0. The Morgan fingerprint density at radius 2 is 2.00 bits per heavy atom. The quantitative estimate of drug-likeness (QED) is 0.791. The molecule has 1 N–H and O–H groups in total. The number of amides is 1. The van der Waals surface area contributed by atoms with Gasteiger partial charge in [-0.05, 0) is 48.6 Å². The highest BCUT2D eigenvalue weighted by molar-refractivity contribution is 6.30. The molecule has 4 nitrogen and oxygen atoms in total. The zero-order valence-corrected chi connectivity index (χ0v) is 13.2. The normalized spacial score (nSPS) is 15.5. The molecular weight excluding hydrogens is 310 g/mol. The molecule has 3 aromatic rings. The molecule has 0 aliphatic heterocycles. The van der Waals surface area contributed by atoms with E-state index in [1.54, 1.807) is 6.20 Å². The summed E-state index contributed by atoms with van der Waals surface area (Å²) in [5.74, 6) is 0.359. The number of benzene rings is 1. The second-order valence-corrected chi connectivity index (χ2v) is 6.37. The van der Waals surface area contributed by atoms with E-state index >= 15 is 0 Å². The summed E-state index contributed by atoms with van der Waals surface area (Å²) in [5.41, 5.74) is 2.30. The number of aromatic nitrogens is 2. The van der Waals surface area contributed by atoms with Gasteiger partial charge in [0.25, 0.3) is 5.91 Å². The summed E-state index contributed by atoms with van der Waals surface area (Å²) in [7, 11) is 0. The van der Waals surface area contributed by atoms with Crippen LogP contribution in [0.2, 0.25) is 5.02 Å². The molecule has 1 fully saturated rings. The van der Waals surface area contributed by atoms with E-state index in [1.165, 1.54) is 0 Å². The van der Waals surface area contributed by atoms with E-state index in [0.717, 1.165) is 24.1 Å². The number of carbonyl (C=O) groups is 1. The Hall–Kier alpha value is -2.33. The van der Waals surface area contributed by atoms with Gasteiger partial charge in [0, 0.05) is 17.4 Å². The Kier molecular flexibility index (Phi) is 3.54. The average Bonchev–Trinajstić information content (AvgIpc) is 3.31. The van der Waals surface area contributed by atoms with Gasteiger partial charge in [-0.15, -0.1) is 0 Å². The molecule has 2 heterocycles. The monoisotopic (exact) mass is 325 g/mol. The lowest BCUT2D eigenvalue weighted by molar-refractivity contribution is 0.0927. The van der Waals surface area contributed by atoms with Gasteiger partial charge in [0.05, 0.1) is 6.04 Å². The van der Waals surface area contributed by atoms with Gasteiger partial charge >= 0.3 is 0 Å². The SMILES string of the molecule is O=C(N[C@@H](c1ccc(Cl)cc1)C1CC1)c1cn2ccccc2n1. The first-order valence-corrected chi connectivity index (χ1v) is 8.08. The summed E-state index contributed by atoms with van der Waals surface area (Å²) in [6.45, 7) is 0. The number of pyridine rings is 1. The fourth-order valence-corrected chi connectivity index (χ4v) is 2.96. The fraction of sp³-hybridized carbons (Fsp3) is 0.222. The third-order valence-electron chi connectivity index (χ3n) is 4.21. The summed E-state index contributed by atoms with van der Waals surface area (Å²) in [6, 6.07) is 13.4. The Bertz CT molecular complexity index is 819. The van der Waals surface area contributed by atoms with Crippen molar-refractivity contribution in [3.05, 3.63) is 71.1 Å². The lowest BCUT2D eigenvalue weighted by atomic mass is 10.0. The Morgan fingerprint density at radius 1 is 1.22 bits per heavy atom. The number of fused-ring (bicyclic) bond motifs is 1. The van der Waals surface area contributed by atoms with Gasteiger partial charge in [0.1, 0.15) is 11.3 Å². The average molecular weight is 326 g/mol. The maximum absolute atomic E-state index is 12.6. The van der Waals surface area contributed by atoms with Crippen LogP contribution in [0.4, 0.5) is 0 Å². The lowest BCUT2D eigenvalue weighted by Gasteiger charge is -2.18. The van der Waals surface area contributed by atoms with Gasteiger partial charge in [-0.1, -0.05) is 29.8 Å². The number of rotatable bonds is 4. The molecule has 1 saturated carbocycles. The predicted octanol–water partition coefficient (Wildman–Crippen LogP) is 3.87. The van der Waals surface area contributed by atoms with Crippen LogP contribution >= 0.6 is 11.6 Å². The van der Waals surface area contributed by atoms with Crippen molar-refractivity contribution in [1.29, 1.82) is 0 Å². The number of halogens is 1. The van der Waals surface area contributed by atoms with Gasteiger partial charge in [0.2, 0.25) is 0 Å². The molecule has 0 radical (unpaired) electrons. The highest BCUT2D eigenvalue weighted by atomic mass is 35.5. The molecule has 1 atom stereocenters. The first-order chi connectivity index (χ1) is 11.2. The van der Waals surface area contributed by atoms with Crippen LogP contribution in [0.1, 0.15) is 34.9 Å². The van der Waals surface area contributed by atoms with Crippen molar-refractivity contribution in [2.75, 3.05) is 0 Å². The molecular formula is C18H16ClN3O. The van der Waals surface area contributed by atoms with E-state index in [4.69, 9.17) is 11.6 Å². The van der Waals surface area contributed by atoms with E-state index in [9.17, 15) is 4.79 Å². The summed E-state index contributed by atoms with van der Waals surface area (Å²) >= 11 is 5.96. The second-order valence-electron chi connectivity index (χ2n) is 5.93. The van der Waals surface area contributed by atoms with Crippen LogP contribution in [0.3, 0.4) is 0 Å². The predicted molar refractivity (Wildman–Crippen MR) is 89.6 cm³/mol. The molecule has 23 heavy (non-hydrogen) atoms. The highest BCUT2D eigenvalue weighted by Gasteiger charge is 2.33. The maximum Gasteiger partial charge on any atom is 0.271 e. The minimum Gasteiger partial charge on any atom is -0.344 e. The molecule has 0 unspecified atom stereocenters. The minimum absolute atomic E-state index is 0.0181. The molecule has 1 aliphatic carbocycles. The van der Waals surface area contributed by atoms with Crippen LogP contribution in [-0.4, -0.2) is 15.3 Å². The number of hydrogen-bond acceptors (Lipinski definition) is 2. The van der Waals surface area contributed by atoms with Crippen molar-refractivity contribution in [1.82, 2.24) is 14.7 Å². The van der Waals surface area contributed by atoms with Crippen LogP contribution in [0, 0.1) is 5.92 Å². The first-order valence-electron chi connectivity index (χ1n) is 7.71. The lowest BCUT2D eigenvalue weighted by Crippen LogP contribution is -2.30. The number of imidazole rings is 1. The topological polar surface area (TPSA) is 46.4 Å². The van der Waals surface area contributed by atoms with Gasteiger partial charge in [-0.25, -0.2) is 4.98 Å². The largest absolute Gasteiger partial charge is 0.344 e.